The maximum absolute atomic E-state index is 13.0. The van der Waals surface area contributed by atoms with Gasteiger partial charge in [0.2, 0.25) is 5.91 Å². The van der Waals surface area contributed by atoms with Crippen molar-refractivity contribution in [2.75, 3.05) is 19.0 Å². The van der Waals surface area contributed by atoms with E-state index in [-0.39, 0.29) is 24.4 Å². The van der Waals surface area contributed by atoms with Gasteiger partial charge in [0, 0.05) is 18.8 Å². The molecule has 0 spiro atoms. The number of nitrogens with zero attached hydrogens (tertiary/aromatic N) is 1. The third-order valence-corrected chi connectivity index (χ3v) is 4.76. The number of ether oxygens (including phenoxy) is 1. The number of benzene rings is 2. The van der Waals surface area contributed by atoms with E-state index in [0.717, 1.165) is 5.56 Å². The number of hydrogen-bond donors (Lipinski definition) is 2. The maximum Gasteiger partial charge on any atom is 0.335 e. The summed E-state index contributed by atoms with van der Waals surface area (Å²) in [6, 6.07) is 13.7. The lowest BCUT2D eigenvalue weighted by molar-refractivity contribution is -0.144. The number of carbonyl (C=O) groups excluding carboxylic acids is 2. The van der Waals surface area contributed by atoms with Crippen molar-refractivity contribution < 1.29 is 24.2 Å². The van der Waals surface area contributed by atoms with Crippen molar-refractivity contribution in [1.82, 2.24) is 4.90 Å². The van der Waals surface area contributed by atoms with Crippen LogP contribution in [0.1, 0.15) is 27.9 Å². The van der Waals surface area contributed by atoms with Crippen molar-refractivity contribution in [3.05, 3.63) is 65.2 Å². The van der Waals surface area contributed by atoms with E-state index in [4.69, 9.17) is 4.74 Å². The van der Waals surface area contributed by atoms with E-state index in [1.54, 1.807) is 17.0 Å². The Balaban J connectivity index is 1.88. The number of anilines is 1. The van der Waals surface area contributed by atoms with Gasteiger partial charge in [0.15, 0.2) is 0 Å². The highest BCUT2D eigenvalue weighted by Gasteiger charge is 2.31. The van der Waals surface area contributed by atoms with Gasteiger partial charge in [-0.25, -0.2) is 4.79 Å². The van der Waals surface area contributed by atoms with Crippen LogP contribution in [0.2, 0.25) is 0 Å². The standard InChI is InChI=1S/C21H22N2O5/c1-28-19(24)12-18-20(25)23(10-9-14-5-3-2-4-6-14)13-16-11-15(21(26)27)7-8-17(16)22-18/h2-8,11,18,22H,9-10,12-13H2,1H3,(H,26,27). The first-order valence-corrected chi connectivity index (χ1v) is 9.00. The van der Waals surface area contributed by atoms with Gasteiger partial charge < -0.3 is 20.1 Å². The molecular weight excluding hydrogens is 360 g/mol. The lowest BCUT2D eigenvalue weighted by Gasteiger charge is -2.24. The summed E-state index contributed by atoms with van der Waals surface area (Å²) < 4.78 is 4.72. The van der Waals surface area contributed by atoms with Crippen LogP contribution in [0.5, 0.6) is 0 Å². The molecule has 1 heterocycles. The summed E-state index contributed by atoms with van der Waals surface area (Å²) >= 11 is 0. The van der Waals surface area contributed by atoms with E-state index in [1.165, 1.54) is 13.2 Å². The molecule has 1 amide bonds. The van der Waals surface area contributed by atoms with Crippen LogP contribution in [0.25, 0.3) is 0 Å². The predicted octanol–water partition coefficient (Wildman–Crippen LogP) is 2.31. The third-order valence-electron chi connectivity index (χ3n) is 4.76. The Morgan fingerprint density at radius 3 is 2.64 bits per heavy atom. The van der Waals surface area contributed by atoms with Gasteiger partial charge in [0.25, 0.3) is 0 Å². The number of carboxylic acids is 1. The molecule has 0 aliphatic carbocycles. The van der Waals surface area contributed by atoms with E-state index in [1.807, 2.05) is 30.3 Å². The minimum Gasteiger partial charge on any atom is -0.478 e. The Kier molecular flexibility index (Phi) is 5.93. The van der Waals surface area contributed by atoms with Gasteiger partial charge in [-0.1, -0.05) is 30.3 Å². The summed E-state index contributed by atoms with van der Waals surface area (Å²) in [5.74, 6) is -1.73. The van der Waals surface area contributed by atoms with E-state index in [9.17, 15) is 19.5 Å². The predicted molar refractivity (Wildman–Crippen MR) is 103 cm³/mol. The van der Waals surface area contributed by atoms with E-state index >= 15 is 0 Å². The molecule has 0 saturated heterocycles. The fourth-order valence-corrected chi connectivity index (χ4v) is 3.24. The molecule has 7 heteroatoms. The fraction of sp³-hybridized carbons (Fsp3) is 0.286. The number of esters is 1. The number of amides is 1. The van der Waals surface area contributed by atoms with Crippen LogP contribution >= 0.6 is 0 Å². The zero-order chi connectivity index (χ0) is 20.1. The molecular formula is C21H22N2O5. The molecule has 0 aromatic heterocycles. The summed E-state index contributed by atoms with van der Waals surface area (Å²) in [4.78, 5) is 37.8. The molecule has 0 radical (unpaired) electrons. The van der Waals surface area contributed by atoms with Crippen LogP contribution in [0.15, 0.2) is 48.5 Å². The number of aromatic carboxylic acids is 1. The second-order valence-corrected chi connectivity index (χ2v) is 6.65. The molecule has 28 heavy (non-hydrogen) atoms. The van der Waals surface area contributed by atoms with Crippen LogP contribution in [-0.4, -0.2) is 47.5 Å². The first-order chi connectivity index (χ1) is 13.5. The molecule has 146 valence electrons. The molecule has 1 unspecified atom stereocenters. The first-order valence-electron chi connectivity index (χ1n) is 9.00. The fourth-order valence-electron chi connectivity index (χ4n) is 3.24. The average Bonchev–Trinajstić information content (AvgIpc) is 2.83. The summed E-state index contributed by atoms with van der Waals surface area (Å²) in [6.07, 6.45) is 0.558. The number of hydrogen-bond acceptors (Lipinski definition) is 5. The highest BCUT2D eigenvalue weighted by atomic mass is 16.5. The zero-order valence-electron chi connectivity index (χ0n) is 15.6. The first kappa shape index (κ1) is 19.4. The molecule has 3 rings (SSSR count). The lowest BCUT2D eigenvalue weighted by Crippen LogP contribution is -2.42. The summed E-state index contributed by atoms with van der Waals surface area (Å²) in [5, 5.41) is 12.4. The second kappa shape index (κ2) is 8.56. The largest absolute Gasteiger partial charge is 0.478 e. The second-order valence-electron chi connectivity index (χ2n) is 6.65. The summed E-state index contributed by atoms with van der Waals surface area (Å²) in [6.45, 7) is 0.728. The van der Waals surface area contributed by atoms with E-state index in [2.05, 4.69) is 5.32 Å². The van der Waals surface area contributed by atoms with Crippen LogP contribution < -0.4 is 5.32 Å². The zero-order valence-corrected chi connectivity index (χ0v) is 15.6. The Labute approximate surface area is 162 Å². The monoisotopic (exact) mass is 382 g/mol. The number of fused-ring (bicyclic) bond motifs is 1. The molecule has 2 aromatic rings. The summed E-state index contributed by atoms with van der Waals surface area (Å²) in [7, 11) is 1.28. The highest BCUT2D eigenvalue weighted by Crippen LogP contribution is 2.26. The van der Waals surface area contributed by atoms with Gasteiger partial charge in [0.1, 0.15) is 6.04 Å². The molecule has 7 nitrogen and oxygen atoms in total. The quantitative estimate of drug-likeness (QED) is 0.745. The van der Waals surface area contributed by atoms with Gasteiger partial charge in [-0.2, -0.15) is 0 Å². The van der Waals surface area contributed by atoms with Crippen molar-refractivity contribution in [2.24, 2.45) is 0 Å². The Morgan fingerprint density at radius 1 is 1.21 bits per heavy atom. The smallest absolute Gasteiger partial charge is 0.335 e. The number of nitrogens with one attached hydrogen (secondary N) is 1. The SMILES string of the molecule is COC(=O)CC1Nc2ccc(C(=O)O)cc2CN(CCc2ccccc2)C1=O. The molecule has 1 aliphatic heterocycles. The van der Waals surface area contributed by atoms with Crippen LogP contribution in [0.3, 0.4) is 0 Å². The number of rotatable bonds is 6. The maximum atomic E-state index is 13.0. The van der Waals surface area contributed by atoms with Crippen molar-refractivity contribution in [3.63, 3.8) is 0 Å². The van der Waals surface area contributed by atoms with Gasteiger partial charge >= 0.3 is 11.9 Å². The number of carboxylic acid groups (broad SMARTS) is 1. The molecule has 1 aliphatic rings. The molecule has 0 saturated carbocycles. The highest BCUT2D eigenvalue weighted by molar-refractivity contribution is 5.92. The average molecular weight is 382 g/mol. The van der Waals surface area contributed by atoms with Crippen LogP contribution in [-0.2, 0) is 27.3 Å². The Hall–Kier alpha value is -3.35. The Morgan fingerprint density at radius 2 is 1.96 bits per heavy atom. The van der Waals surface area contributed by atoms with E-state index < -0.39 is 18.0 Å². The van der Waals surface area contributed by atoms with Crippen molar-refractivity contribution in [1.29, 1.82) is 0 Å². The van der Waals surface area contributed by atoms with Crippen molar-refractivity contribution in [2.45, 2.75) is 25.4 Å². The molecule has 0 bridgehead atoms. The molecule has 1 atom stereocenters. The number of carbonyl (C=O) groups is 3. The molecule has 2 N–H and O–H groups in total. The minimum atomic E-state index is -1.03. The van der Waals surface area contributed by atoms with E-state index in [0.29, 0.717) is 24.2 Å². The topological polar surface area (TPSA) is 95.9 Å². The third kappa shape index (κ3) is 4.49. The van der Waals surface area contributed by atoms with Gasteiger partial charge in [-0.3, -0.25) is 9.59 Å². The van der Waals surface area contributed by atoms with Crippen molar-refractivity contribution >= 4 is 23.5 Å². The van der Waals surface area contributed by atoms with Gasteiger partial charge in [0.05, 0.1) is 19.1 Å². The minimum absolute atomic E-state index is 0.0999. The van der Waals surface area contributed by atoms with Crippen LogP contribution in [0.4, 0.5) is 5.69 Å². The molecule has 2 aromatic carbocycles. The lowest BCUT2D eigenvalue weighted by atomic mass is 10.1. The van der Waals surface area contributed by atoms with Gasteiger partial charge in [-0.15, -0.1) is 0 Å². The normalized spacial score (nSPS) is 16.0. The molecule has 0 fully saturated rings. The Bertz CT molecular complexity index is 882. The van der Waals surface area contributed by atoms with Crippen molar-refractivity contribution in [3.8, 4) is 0 Å². The van der Waals surface area contributed by atoms with Gasteiger partial charge in [-0.05, 0) is 35.7 Å². The van der Waals surface area contributed by atoms with Crippen LogP contribution in [0, 0.1) is 0 Å². The number of methoxy groups -OCH3 is 1. The summed E-state index contributed by atoms with van der Waals surface area (Å²) in [5.41, 5.74) is 2.60.